The Morgan fingerprint density at radius 1 is 0.643 bits per heavy atom. The number of aliphatic hydroxyl groups excluding tert-OH is 1. The number of carbonyl (C=O) groups is 13. The SMILES string of the molecule is Cc1c2oc3c(C)ccc(C(=O)NC4C(=O)NC(C(C)C)C(=O)C5CCCC5C(=O)N(C)CC(=O)N(C)C(C(C)C)C(=O)OC4C)c3nc-2c(C(=O)NC2C(=O)NC(C(C)C)C(=O)C3CCCC3C(=O)N(C)CC(=O)N(C)C(C(C)C)C(=O)OC2C)c(N)c1=O.O=C1C=CC2=C3c4cc(O)c(O)cc4CC3(O)COC2=C1O. The van der Waals surface area contributed by atoms with Crippen molar-refractivity contribution in [3.8, 4) is 23.0 Å². The number of carbonyl (C=O) groups excluding carboxylic acids is 13. The van der Waals surface area contributed by atoms with E-state index in [1.54, 1.807) is 62.3 Å². The van der Waals surface area contributed by atoms with E-state index in [9.17, 15) is 78.0 Å². The fourth-order valence-electron chi connectivity index (χ4n) is 16.4. The zero-order valence-electron chi connectivity index (χ0n) is 65.7. The lowest BCUT2D eigenvalue weighted by Gasteiger charge is -2.35. The van der Waals surface area contributed by atoms with Crippen molar-refractivity contribution in [2.45, 2.75) is 182 Å². The third-order valence-electron chi connectivity index (χ3n) is 22.6. The van der Waals surface area contributed by atoms with E-state index in [0.717, 1.165) is 9.80 Å². The smallest absolute Gasteiger partial charge is 0.329 e. The van der Waals surface area contributed by atoms with Crippen molar-refractivity contribution in [2.24, 2.45) is 47.3 Å². The molecule has 0 spiro atoms. The third-order valence-corrected chi connectivity index (χ3v) is 22.6. The molecule has 2 saturated carbocycles. The summed E-state index contributed by atoms with van der Waals surface area (Å²) in [6.45, 7) is 18.2. The molecule has 32 nitrogen and oxygen atoms in total. The van der Waals surface area contributed by atoms with Gasteiger partial charge in [-0.2, -0.15) is 0 Å². The number of aliphatic hydroxyl groups is 2. The minimum absolute atomic E-state index is 0.0348. The van der Waals surface area contributed by atoms with Gasteiger partial charge in [-0.1, -0.05) is 74.3 Å². The molecule has 5 aliphatic carbocycles. The Bertz CT molecular complexity index is 4710. The van der Waals surface area contributed by atoms with E-state index >= 15 is 9.59 Å². The van der Waals surface area contributed by atoms with Gasteiger partial charge in [0, 0.05) is 75.0 Å². The largest absolute Gasteiger partial charge is 0.504 e. The molecule has 2 aromatic rings. The van der Waals surface area contributed by atoms with Crippen molar-refractivity contribution in [1.82, 2.24) is 45.9 Å². The second kappa shape index (κ2) is 32.7. The number of phenolic OH excluding ortho intramolecular Hbond substituents is 2. The molecule has 0 aromatic heterocycles. The number of fused-ring (bicyclic) bond motifs is 8. The van der Waals surface area contributed by atoms with Crippen LogP contribution in [0, 0.1) is 61.2 Å². The lowest BCUT2D eigenvalue weighted by Crippen LogP contribution is -2.59. The number of phenols is 2. The minimum atomic E-state index is -1.86. The number of benzene rings is 3. The lowest BCUT2D eigenvalue weighted by molar-refractivity contribution is -0.163. The Kier molecular flexibility index (Phi) is 24.4. The molecule has 4 aliphatic heterocycles. The maximum Gasteiger partial charge on any atom is 0.329 e. The summed E-state index contributed by atoms with van der Waals surface area (Å²) in [4.78, 5) is 209. The average molecular weight is 1550 g/mol. The average Bonchev–Trinajstić information content (AvgIpc) is 1.42. The first-order chi connectivity index (χ1) is 52.5. The normalized spacial score (nSPS) is 27.4. The van der Waals surface area contributed by atoms with Gasteiger partial charge in [0.25, 0.3) is 11.8 Å². The Labute approximate surface area is 646 Å². The van der Waals surface area contributed by atoms with Crippen molar-refractivity contribution in [2.75, 3.05) is 53.6 Å². The number of allylic oxidation sites excluding steroid dienone is 2. The fraction of sp³-hybridized carbons (Fsp3) is 0.537. The van der Waals surface area contributed by atoms with Crippen LogP contribution < -0.4 is 32.4 Å². The number of cyclic esters (lactones) is 2. The van der Waals surface area contributed by atoms with Crippen LogP contribution in [0.2, 0.25) is 0 Å². The van der Waals surface area contributed by atoms with E-state index < -0.39 is 213 Å². The van der Waals surface area contributed by atoms with E-state index in [4.69, 9.17) is 29.3 Å². The van der Waals surface area contributed by atoms with Crippen LogP contribution in [-0.4, -0.2) is 224 Å². The van der Waals surface area contributed by atoms with Crippen LogP contribution in [0.1, 0.15) is 151 Å². The van der Waals surface area contributed by atoms with Crippen LogP contribution in [0.5, 0.6) is 11.5 Å². The highest BCUT2D eigenvalue weighted by Gasteiger charge is 2.51. The summed E-state index contributed by atoms with van der Waals surface area (Å²) in [5.41, 5.74) is 4.47. The summed E-state index contributed by atoms with van der Waals surface area (Å²) in [7, 11) is 5.66. The summed E-state index contributed by atoms with van der Waals surface area (Å²) in [5.74, 6) is -16.5. The number of aromatic hydroxyl groups is 2. The van der Waals surface area contributed by atoms with Crippen molar-refractivity contribution >= 4 is 98.9 Å². The van der Waals surface area contributed by atoms with Crippen LogP contribution >= 0.6 is 0 Å². The number of hydrogen-bond acceptors (Lipinski definition) is 24. The highest BCUT2D eigenvalue weighted by molar-refractivity contribution is 6.11. The Morgan fingerprint density at radius 2 is 1.12 bits per heavy atom. The Hall–Kier alpha value is -11.1. The summed E-state index contributed by atoms with van der Waals surface area (Å²) in [6, 6.07) is -2.95. The number of nitrogen functional groups attached to an aromatic ring is 1. The quantitative estimate of drug-likeness (QED) is 0.0524. The standard InChI is InChI=1S/C64H88N10O16.C16H12O6/c1-27(2)44-53(78)35-19-17-21-37(35)61(84)71(13)25-40(75)73(15)50(29(5)6)63(86)88-33(11)46(59(82)67-44)69-57(80)39-24-23-31(9)55-48(39)66-49-42(43(65)52(77)32(10)56(49)90-55)58(81)70-47-34(12)89-64(87)51(30(7)8)74(16)41(76)26-72(14)62(85)38-22-18-20-36(38)54(79)45(28(3)4)68-60(47)83;17-10-2-1-8-13-9-4-12(19)11(18)3-7(9)5-16(13,21)6-22-15(8)14(10)20/h23-24,27-30,33-38,44-47,50-51H,17-22,25-26,65H2,1-16H3,(H,67,82)(H,68,83)(H,69,80)(H,70,81);1-4,18-21H,5-6H2. The van der Waals surface area contributed by atoms with Gasteiger partial charge >= 0.3 is 11.9 Å². The summed E-state index contributed by atoms with van der Waals surface area (Å²) < 4.78 is 23.7. The van der Waals surface area contributed by atoms with Gasteiger partial charge in [0.15, 0.2) is 40.2 Å². The number of nitrogens with two attached hydrogens (primary N) is 1. The predicted octanol–water partition coefficient (Wildman–Crippen LogP) is 3.79. The van der Waals surface area contributed by atoms with Crippen LogP contribution in [-0.2, 0) is 73.4 Å². The third kappa shape index (κ3) is 16.0. The first-order valence-corrected chi connectivity index (χ1v) is 37.7. The molecule has 0 bridgehead atoms. The molecule has 2 saturated heterocycles. The monoisotopic (exact) mass is 1550 g/mol. The number of rotatable bonds is 8. The maximum absolute atomic E-state index is 15.2. The van der Waals surface area contributed by atoms with Crippen molar-refractivity contribution in [3.05, 3.63) is 97.1 Å². The minimum Gasteiger partial charge on any atom is -0.504 e. The van der Waals surface area contributed by atoms with Crippen LogP contribution in [0.15, 0.2) is 62.7 Å². The predicted molar refractivity (Wildman–Crippen MR) is 403 cm³/mol. The molecule has 4 heterocycles. The van der Waals surface area contributed by atoms with Gasteiger partial charge in [-0.25, -0.2) is 14.6 Å². The summed E-state index contributed by atoms with van der Waals surface area (Å²) >= 11 is 0. The molecule has 13 unspecified atom stereocenters. The number of anilines is 1. The van der Waals surface area contributed by atoms with E-state index in [1.807, 2.05) is 0 Å². The molecule has 0 radical (unpaired) electrons. The van der Waals surface area contributed by atoms with Crippen LogP contribution in [0.25, 0.3) is 28.1 Å². The number of Topliss-reactive ketones (excluding diaryl/α,β-unsaturated/α-hetero) is 2. The van der Waals surface area contributed by atoms with Crippen molar-refractivity contribution in [1.29, 1.82) is 0 Å². The van der Waals surface area contributed by atoms with Crippen molar-refractivity contribution < 1.29 is 101 Å². The number of amides is 8. The van der Waals surface area contributed by atoms with Gasteiger partial charge in [0.05, 0.1) is 42.0 Å². The highest BCUT2D eigenvalue weighted by Crippen LogP contribution is 2.51. The number of likely N-dealkylation sites (N-methyl/N-ethyl adjacent to an activating group) is 4. The van der Waals surface area contributed by atoms with Gasteiger partial charge < -0.3 is 85.7 Å². The molecule has 602 valence electrons. The number of aromatic nitrogens is 1. The molecule has 2 aromatic carbocycles. The molecule has 4 fully saturated rings. The Balaban J connectivity index is 0.000000511. The highest BCUT2D eigenvalue weighted by atomic mass is 16.6. The van der Waals surface area contributed by atoms with Gasteiger partial charge in [-0.05, 0) is 124 Å². The second-order valence-electron chi connectivity index (χ2n) is 31.9. The molecule has 9 aliphatic rings. The van der Waals surface area contributed by atoms with E-state index in [0.29, 0.717) is 66.4 Å². The van der Waals surface area contributed by atoms with Crippen molar-refractivity contribution in [3.63, 3.8) is 0 Å². The second-order valence-corrected chi connectivity index (χ2v) is 31.9. The number of hydrogen-bond donors (Lipinski definition) is 9. The number of ketones is 3. The first-order valence-electron chi connectivity index (χ1n) is 37.7. The topological polar surface area (TPSA) is 461 Å². The molecule has 8 amide bonds. The van der Waals surface area contributed by atoms with Gasteiger partial charge in [0.2, 0.25) is 52.4 Å². The zero-order chi connectivity index (χ0) is 82.6. The molecule has 10 N–H and O–H groups in total. The van der Waals surface area contributed by atoms with Gasteiger partial charge in [-0.15, -0.1) is 0 Å². The lowest BCUT2D eigenvalue weighted by atomic mass is 9.83. The van der Waals surface area contributed by atoms with Gasteiger partial charge in [0.1, 0.15) is 59.8 Å². The maximum atomic E-state index is 15.2. The molecule has 112 heavy (non-hydrogen) atoms. The van der Waals surface area contributed by atoms with Crippen LogP contribution in [0.3, 0.4) is 0 Å². The molecule has 13 atom stereocenters. The molecular weight excluding hydrogens is 1450 g/mol. The number of nitrogens with one attached hydrogen (secondary N) is 4. The number of aryl methyl sites for hydroxylation is 1. The number of esters is 2. The number of ether oxygens (including phenoxy) is 3. The summed E-state index contributed by atoms with van der Waals surface area (Å²) in [6.07, 6.45) is 2.24. The molecule has 11 rings (SSSR count). The molecular formula is C80H100N10O22. The van der Waals surface area contributed by atoms with E-state index in [2.05, 4.69) is 21.3 Å². The fourth-order valence-corrected chi connectivity index (χ4v) is 16.4. The zero-order valence-corrected chi connectivity index (χ0v) is 65.7. The van der Waals surface area contributed by atoms with Gasteiger partial charge in [-0.3, -0.25) is 57.5 Å². The first kappa shape index (κ1) is 83.4. The molecule has 32 heteroatoms. The summed E-state index contributed by atoms with van der Waals surface area (Å²) in [5, 5.41) is 50.9. The van der Waals surface area contributed by atoms with Crippen LogP contribution in [0.4, 0.5) is 5.69 Å². The van der Waals surface area contributed by atoms with E-state index in [1.165, 1.54) is 95.2 Å². The number of nitrogens with zero attached hydrogens (tertiary/aromatic N) is 5. The van der Waals surface area contributed by atoms with E-state index in [-0.39, 0.29) is 64.0 Å². The Morgan fingerprint density at radius 3 is 1.60 bits per heavy atom.